The van der Waals surface area contributed by atoms with E-state index in [0.29, 0.717) is 0 Å². The Morgan fingerprint density at radius 3 is 2.56 bits per heavy atom. The second kappa shape index (κ2) is 5.52. The van der Waals surface area contributed by atoms with Gasteiger partial charge >= 0.3 is 6.61 Å². The van der Waals surface area contributed by atoms with E-state index < -0.39 is 6.61 Å². The van der Waals surface area contributed by atoms with E-state index >= 15 is 0 Å². The molecule has 2 N–H and O–H groups in total. The number of anilines is 1. The monoisotopic (exact) mass is 256 g/mol. The van der Waals surface area contributed by atoms with Crippen LogP contribution in [0.3, 0.4) is 0 Å². The smallest absolute Gasteiger partial charge is 0.387 e. The van der Waals surface area contributed by atoms with E-state index in [0.717, 1.165) is 37.2 Å². The number of hydrogen-bond donors (Lipinski definition) is 1. The minimum absolute atomic E-state index is 0.238. The summed E-state index contributed by atoms with van der Waals surface area (Å²) in [5.74, 6) is 0.238. The van der Waals surface area contributed by atoms with E-state index in [9.17, 15) is 8.78 Å². The van der Waals surface area contributed by atoms with Gasteiger partial charge in [-0.25, -0.2) is 0 Å². The number of alkyl halides is 2. The highest BCUT2D eigenvalue weighted by molar-refractivity contribution is 5.53. The first-order valence-corrected chi connectivity index (χ1v) is 6.12. The number of nitrogens with two attached hydrogens (primary N) is 1. The molecular weight excluding hydrogens is 238 g/mol. The molecule has 5 heteroatoms. The molecule has 1 fully saturated rings. The fourth-order valence-corrected chi connectivity index (χ4v) is 2.22. The van der Waals surface area contributed by atoms with Crippen LogP contribution in [0.4, 0.5) is 14.5 Å². The summed E-state index contributed by atoms with van der Waals surface area (Å²) in [4.78, 5) is 2.22. The first kappa shape index (κ1) is 13.1. The minimum atomic E-state index is -2.78. The van der Waals surface area contributed by atoms with E-state index in [1.807, 2.05) is 12.1 Å². The van der Waals surface area contributed by atoms with Gasteiger partial charge in [-0.2, -0.15) is 8.78 Å². The summed E-state index contributed by atoms with van der Waals surface area (Å²) >= 11 is 0. The van der Waals surface area contributed by atoms with E-state index in [2.05, 4.69) is 9.64 Å². The molecule has 0 aliphatic carbocycles. The molecule has 1 heterocycles. The Labute approximate surface area is 106 Å². The van der Waals surface area contributed by atoms with Gasteiger partial charge in [-0.3, -0.25) is 0 Å². The second-order valence-electron chi connectivity index (χ2n) is 4.65. The number of ether oxygens (including phenoxy) is 1. The van der Waals surface area contributed by atoms with E-state index in [1.165, 1.54) is 0 Å². The molecule has 2 rings (SSSR count). The summed E-state index contributed by atoms with van der Waals surface area (Å²) in [6.07, 6.45) is 1.93. The largest absolute Gasteiger partial charge is 0.435 e. The molecule has 0 atom stereocenters. The maximum Gasteiger partial charge on any atom is 0.387 e. The molecule has 0 radical (unpaired) electrons. The van der Waals surface area contributed by atoms with Crippen LogP contribution in [0.15, 0.2) is 18.2 Å². The average Bonchev–Trinajstić information content (AvgIpc) is 2.32. The molecule has 0 bridgehead atoms. The van der Waals surface area contributed by atoms with Crippen molar-refractivity contribution in [2.45, 2.75) is 32.4 Å². The van der Waals surface area contributed by atoms with Crippen molar-refractivity contribution in [3.63, 3.8) is 0 Å². The van der Waals surface area contributed by atoms with Gasteiger partial charge in [0.1, 0.15) is 5.75 Å². The Kier molecular flexibility index (Phi) is 4.01. The number of benzene rings is 1. The topological polar surface area (TPSA) is 38.5 Å². The van der Waals surface area contributed by atoms with Gasteiger partial charge in [-0.15, -0.1) is 0 Å². The van der Waals surface area contributed by atoms with Crippen molar-refractivity contribution in [3.8, 4) is 5.75 Å². The lowest BCUT2D eigenvalue weighted by Crippen LogP contribution is -2.39. The Morgan fingerprint density at radius 2 is 2.00 bits per heavy atom. The van der Waals surface area contributed by atoms with Gasteiger partial charge in [-0.05, 0) is 43.5 Å². The molecular formula is C13H18F2N2O. The predicted octanol–water partition coefficient (Wildman–Crippen LogP) is 2.52. The average molecular weight is 256 g/mol. The van der Waals surface area contributed by atoms with Gasteiger partial charge in [-0.1, -0.05) is 0 Å². The highest BCUT2D eigenvalue weighted by Crippen LogP contribution is 2.27. The first-order chi connectivity index (χ1) is 8.56. The van der Waals surface area contributed by atoms with Crippen LogP contribution in [0.1, 0.15) is 18.4 Å². The predicted molar refractivity (Wildman–Crippen MR) is 67.2 cm³/mol. The summed E-state index contributed by atoms with van der Waals surface area (Å²) in [6.45, 7) is 0.824. The molecule has 0 spiro atoms. The Morgan fingerprint density at radius 1 is 1.33 bits per heavy atom. The van der Waals surface area contributed by atoms with Crippen LogP contribution < -0.4 is 15.4 Å². The summed E-state index contributed by atoms with van der Waals surface area (Å²) in [5.41, 5.74) is 7.62. The van der Waals surface area contributed by atoms with Crippen LogP contribution in [0.2, 0.25) is 0 Å². The van der Waals surface area contributed by atoms with Crippen molar-refractivity contribution in [2.75, 3.05) is 18.0 Å². The number of nitrogens with zero attached hydrogens (tertiary/aromatic N) is 1. The number of rotatable bonds is 3. The van der Waals surface area contributed by atoms with Crippen LogP contribution in [-0.4, -0.2) is 25.7 Å². The van der Waals surface area contributed by atoms with Gasteiger partial charge in [0.15, 0.2) is 0 Å². The molecule has 3 nitrogen and oxygen atoms in total. The Bertz CT molecular complexity index is 404. The number of halogens is 2. The zero-order valence-electron chi connectivity index (χ0n) is 10.4. The van der Waals surface area contributed by atoms with Gasteiger partial charge in [0.25, 0.3) is 0 Å². The summed E-state index contributed by atoms with van der Waals surface area (Å²) in [6, 6.07) is 5.59. The van der Waals surface area contributed by atoms with Gasteiger partial charge in [0.05, 0.1) is 0 Å². The SMILES string of the molecule is Cc1cc(N2CCC(N)CC2)ccc1OC(F)F. The highest BCUT2D eigenvalue weighted by atomic mass is 19.3. The van der Waals surface area contributed by atoms with Crippen LogP contribution in [-0.2, 0) is 0 Å². The molecule has 0 aromatic heterocycles. The molecule has 1 aromatic carbocycles. The number of piperidine rings is 1. The van der Waals surface area contributed by atoms with Crippen molar-refractivity contribution in [2.24, 2.45) is 5.73 Å². The maximum atomic E-state index is 12.2. The van der Waals surface area contributed by atoms with Crippen LogP contribution in [0.25, 0.3) is 0 Å². The first-order valence-electron chi connectivity index (χ1n) is 6.12. The summed E-state index contributed by atoms with van der Waals surface area (Å²) in [5, 5.41) is 0. The Balaban J connectivity index is 2.08. The molecule has 0 amide bonds. The van der Waals surface area contributed by atoms with Crippen molar-refractivity contribution in [3.05, 3.63) is 23.8 Å². The summed E-state index contributed by atoms with van der Waals surface area (Å²) in [7, 11) is 0. The Hall–Kier alpha value is -1.36. The third-order valence-corrected chi connectivity index (χ3v) is 3.28. The van der Waals surface area contributed by atoms with Gasteiger partial charge in [0.2, 0.25) is 0 Å². The van der Waals surface area contributed by atoms with Crippen LogP contribution >= 0.6 is 0 Å². The van der Waals surface area contributed by atoms with Gasteiger partial charge < -0.3 is 15.4 Å². The number of aryl methyl sites for hydroxylation is 1. The normalized spacial score (nSPS) is 17.3. The standard InChI is InChI=1S/C13H18F2N2O/c1-9-8-11(2-3-12(9)18-13(14)15)17-6-4-10(16)5-7-17/h2-3,8,10,13H,4-7,16H2,1H3. The van der Waals surface area contributed by atoms with Crippen molar-refractivity contribution >= 4 is 5.69 Å². The van der Waals surface area contributed by atoms with Crippen LogP contribution in [0.5, 0.6) is 5.75 Å². The van der Waals surface area contributed by atoms with E-state index in [-0.39, 0.29) is 11.8 Å². The quantitative estimate of drug-likeness (QED) is 0.903. The molecule has 0 saturated carbocycles. The van der Waals surface area contributed by atoms with Crippen molar-refractivity contribution in [1.82, 2.24) is 0 Å². The van der Waals surface area contributed by atoms with Crippen molar-refractivity contribution in [1.29, 1.82) is 0 Å². The second-order valence-corrected chi connectivity index (χ2v) is 4.65. The molecule has 1 saturated heterocycles. The molecule has 18 heavy (non-hydrogen) atoms. The number of hydrogen-bond acceptors (Lipinski definition) is 3. The fraction of sp³-hybridized carbons (Fsp3) is 0.538. The third kappa shape index (κ3) is 3.10. The van der Waals surface area contributed by atoms with Crippen molar-refractivity contribution < 1.29 is 13.5 Å². The zero-order valence-corrected chi connectivity index (χ0v) is 10.4. The van der Waals surface area contributed by atoms with E-state index in [1.54, 1.807) is 13.0 Å². The lowest BCUT2D eigenvalue weighted by Gasteiger charge is -2.32. The molecule has 0 unspecified atom stereocenters. The lowest BCUT2D eigenvalue weighted by molar-refractivity contribution is -0.0502. The zero-order chi connectivity index (χ0) is 13.1. The van der Waals surface area contributed by atoms with E-state index in [4.69, 9.17) is 5.73 Å². The molecule has 1 aliphatic rings. The molecule has 100 valence electrons. The maximum absolute atomic E-state index is 12.2. The third-order valence-electron chi connectivity index (χ3n) is 3.28. The highest BCUT2D eigenvalue weighted by Gasteiger charge is 2.17. The molecule has 1 aliphatic heterocycles. The fourth-order valence-electron chi connectivity index (χ4n) is 2.22. The lowest BCUT2D eigenvalue weighted by atomic mass is 10.0. The molecule has 1 aromatic rings. The van der Waals surface area contributed by atoms with Gasteiger partial charge in [0, 0.05) is 24.8 Å². The minimum Gasteiger partial charge on any atom is -0.435 e. The van der Waals surface area contributed by atoms with Crippen LogP contribution in [0, 0.1) is 6.92 Å². The summed E-state index contributed by atoms with van der Waals surface area (Å²) < 4.78 is 28.7.